The van der Waals surface area contributed by atoms with Gasteiger partial charge < -0.3 is 9.64 Å². The molecule has 3 fully saturated rings. The lowest BCUT2D eigenvalue weighted by molar-refractivity contribution is -0.156. The zero-order valence-corrected chi connectivity index (χ0v) is 25.8. The largest absolute Gasteiger partial charge is 0.378 e. The molecule has 8 heteroatoms. The van der Waals surface area contributed by atoms with E-state index in [0.29, 0.717) is 29.6 Å². The Bertz CT molecular complexity index is 1450. The zero-order chi connectivity index (χ0) is 30.0. The lowest BCUT2D eigenvalue weighted by atomic mass is 9.68. The highest BCUT2D eigenvalue weighted by molar-refractivity contribution is 5.74. The van der Waals surface area contributed by atoms with Crippen molar-refractivity contribution in [1.29, 1.82) is 0 Å². The summed E-state index contributed by atoms with van der Waals surface area (Å²) in [7, 11) is 1.97. The van der Waals surface area contributed by atoms with Crippen molar-refractivity contribution in [3.8, 4) is 11.1 Å². The predicted molar refractivity (Wildman–Crippen MR) is 174 cm³/mol. The van der Waals surface area contributed by atoms with Gasteiger partial charge >= 0.3 is 6.47 Å². The van der Waals surface area contributed by atoms with E-state index in [9.17, 15) is 4.79 Å². The van der Waals surface area contributed by atoms with Crippen LogP contribution in [0, 0.1) is 5.92 Å². The minimum absolute atomic E-state index is 0.137. The van der Waals surface area contributed by atoms with Gasteiger partial charge in [-0.3, -0.25) is 4.90 Å². The Morgan fingerprint density at radius 3 is 2.14 bits per heavy atom. The second-order valence-corrected chi connectivity index (χ2v) is 12.9. The SMILES string of the molecule is CO[C@]1(C2CCCCC2)CC[C@H](N2CCN(c3ccc(-c4ccc([N+]5(OC=O)N=Nc6ccccc65)cc4)cc3)CC2)CC1. The van der Waals surface area contributed by atoms with Gasteiger partial charge in [0, 0.05) is 63.2 Å². The maximum atomic E-state index is 11.4. The van der Waals surface area contributed by atoms with Crippen LogP contribution in [0.4, 0.5) is 22.7 Å². The standard InChI is InChI=1S/C36H44N5O3/c1-43-36(30-7-3-2-4-8-30)21-19-32(20-22-36)40-25-23-39(24-26-40)31-15-11-28(12-16-31)29-13-17-33(18-14-29)41(44-27-42)35-10-6-5-9-34(35)37-38-41/h5-6,9-18,27,30,32H,2-4,7-8,19-26H2,1H3/q+1/t32-,36+,41?. The van der Waals surface area contributed by atoms with Gasteiger partial charge in [0.2, 0.25) is 11.4 Å². The first-order valence-corrected chi connectivity index (χ1v) is 16.4. The first-order chi connectivity index (χ1) is 21.6. The summed E-state index contributed by atoms with van der Waals surface area (Å²) in [6.07, 6.45) is 11.9. The highest BCUT2D eigenvalue weighted by atomic mass is 16.8. The molecule has 2 saturated carbocycles. The van der Waals surface area contributed by atoms with Gasteiger partial charge in [0.15, 0.2) is 5.69 Å². The van der Waals surface area contributed by atoms with E-state index in [1.807, 2.05) is 55.6 Å². The highest BCUT2D eigenvalue weighted by Gasteiger charge is 2.46. The fourth-order valence-corrected chi connectivity index (χ4v) is 8.29. The summed E-state index contributed by atoms with van der Waals surface area (Å²) < 4.78 is 5.86. The molecule has 230 valence electrons. The van der Waals surface area contributed by atoms with Crippen molar-refractivity contribution < 1.29 is 14.4 Å². The van der Waals surface area contributed by atoms with Crippen molar-refractivity contribution in [2.75, 3.05) is 38.2 Å². The van der Waals surface area contributed by atoms with E-state index < -0.39 is 4.76 Å². The molecule has 2 aliphatic heterocycles. The summed E-state index contributed by atoms with van der Waals surface area (Å²) >= 11 is 0. The molecule has 0 radical (unpaired) electrons. The smallest absolute Gasteiger partial charge is 0.360 e. The first-order valence-electron chi connectivity index (χ1n) is 16.4. The Hall–Kier alpha value is -3.59. The molecule has 3 aromatic rings. The highest BCUT2D eigenvalue weighted by Crippen LogP contribution is 2.47. The van der Waals surface area contributed by atoms with Gasteiger partial charge in [0.05, 0.1) is 15.6 Å². The number of rotatable bonds is 8. The van der Waals surface area contributed by atoms with Crippen LogP contribution >= 0.6 is 0 Å². The van der Waals surface area contributed by atoms with Crippen LogP contribution < -0.4 is 9.66 Å². The Morgan fingerprint density at radius 1 is 0.818 bits per heavy atom. The number of piperazine rings is 1. The molecule has 3 aromatic carbocycles. The summed E-state index contributed by atoms with van der Waals surface area (Å²) in [4.78, 5) is 22.2. The van der Waals surface area contributed by atoms with Crippen LogP contribution in [0.25, 0.3) is 11.1 Å². The number of fused-ring (bicyclic) bond motifs is 1. The average molecular weight is 595 g/mol. The molecule has 7 rings (SSSR count). The van der Waals surface area contributed by atoms with Crippen LogP contribution in [-0.4, -0.2) is 56.3 Å². The molecule has 4 aliphatic rings. The van der Waals surface area contributed by atoms with Crippen molar-refractivity contribution in [3.63, 3.8) is 0 Å². The molecule has 1 saturated heterocycles. The van der Waals surface area contributed by atoms with Gasteiger partial charge in [-0.05, 0) is 85.9 Å². The quantitative estimate of drug-likeness (QED) is 0.195. The second kappa shape index (κ2) is 12.4. The number of hydrogen-bond donors (Lipinski definition) is 0. The molecule has 2 aliphatic carbocycles. The number of nitrogens with zero attached hydrogens (tertiary/aromatic N) is 5. The first kappa shape index (κ1) is 29.1. The molecular formula is C36H44N5O3+. The van der Waals surface area contributed by atoms with E-state index in [4.69, 9.17) is 9.57 Å². The zero-order valence-electron chi connectivity index (χ0n) is 25.8. The molecule has 0 N–H and O–H groups in total. The molecule has 44 heavy (non-hydrogen) atoms. The molecule has 8 nitrogen and oxygen atoms in total. The van der Waals surface area contributed by atoms with Crippen LogP contribution in [0.3, 0.4) is 0 Å². The van der Waals surface area contributed by atoms with Gasteiger partial charge in [-0.25, -0.2) is 9.63 Å². The number of quaternary nitrogens is 1. The molecule has 0 bridgehead atoms. The average Bonchev–Trinajstić information content (AvgIpc) is 3.48. The minimum atomic E-state index is -0.417. The fraction of sp³-hybridized carbons (Fsp3) is 0.472. The van der Waals surface area contributed by atoms with Crippen molar-refractivity contribution in [3.05, 3.63) is 72.8 Å². The van der Waals surface area contributed by atoms with Gasteiger partial charge in [0.25, 0.3) is 0 Å². The normalized spacial score (nSPS) is 27.7. The van der Waals surface area contributed by atoms with Crippen LogP contribution in [-0.2, 0) is 14.4 Å². The van der Waals surface area contributed by atoms with Crippen LogP contribution in [0.5, 0.6) is 0 Å². The van der Waals surface area contributed by atoms with Crippen LogP contribution in [0.1, 0.15) is 57.8 Å². The summed E-state index contributed by atoms with van der Waals surface area (Å²) in [5.41, 5.74) is 5.77. The van der Waals surface area contributed by atoms with E-state index >= 15 is 0 Å². The molecule has 0 amide bonds. The summed E-state index contributed by atoms with van der Waals surface area (Å²) in [6, 6.07) is 25.1. The van der Waals surface area contributed by atoms with E-state index in [1.54, 1.807) is 0 Å². The van der Waals surface area contributed by atoms with Gasteiger partial charge in [0.1, 0.15) is 0 Å². The topological polar surface area (TPSA) is 66.7 Å². The maximum Gasteiger partial charge on any atom is 0.360 e. The van der Waals surface area contributed by atoms with E-state index in [0.717, 1.165) is 43.2 Å². The lowest BCUT2D eigenvalue weighted by Gasteiger charge is -2.49. The summed E-state index contributed by atoms with van der Waals surface area (Å²) in [6.45, 7) is 4.80. The number of anilines is 1. The molecule has 1 unspecified atom stereocenters. The number of carbonyl (C=O) groups excluding carboxylic acids is 1. The number of para-hydroxylation sites is 1. The number of benzene rings is 3. The summed E-state index contributed by atoms with van der Waals surface area (Å²) in [5, 5.41) is 8.56. The number of methoxy groups -OCH3 is 1. The van der Waals surface area contributed by atoms with Crippen LogP contribution in [0.15, 0.2) is 83.1 Å². The van der Waals surface area contributed by atoms with Crippen LogP contribution in [0.2, 0.25) is 0 Å². The van der Waals surface area contributed by atoms with Crippen molar-refractivity contribution >= 4 is 29.2 Å². The Balaban J connectivity index is 0.958. The fourth-order valence-electron chi connectivity index (χ4n) is 8.29. The second-order valence-electron chi connectivity index (χ2n) is 12.9. The maximum absolute atomic E-state index is 11.4. The third-order valence-electron chi connectivity index (χ3n) is 10.9. The molecular weight excluding hydrogens is 550 g/mol. The number of ether oxygens (including phenoxy) is 1. The van der Waals surface area contributed by atoms with Crippen molar-refractivity contribution in [2.24, 2.45) is 16.3 Å². The Kier molecular flexibility index (Phi) is 8.23. The van der Waals surface area contributed by atoms with Gasteiger partial charge in [-0.1, -0.05) is 48.6 Å². The monoisotopic (exact) mass is 594 g/mol. The lowest BCUT2D eigenvalue weighted by Crippen LogP contribution is -2.54. The number of hydrogen-bond acceptors (Lipinski definition) is 7. The molecule has 0 spiro atoms. The van der Waals surface area contributed by atoms with Gasteiger partial charge in [-0.2, -0.15) is 0 Å². The van der Waals surface area contributed by atoms with E-state index in [-0.39, 0.29) is 5.60 Å². The van der Waals surface area contributed by atoms with Crippen molar-refractivity contribution in [2.45, 2.75) is 69.4 Å². The third kappa shape index (κ3) is 5.33. The molecule has 2 heterocycles. The third-order valence-corrected chi connectivity index (χ3v) is 10.9. The molecule has 0 aromatic heterocycles. The summed E-state index contributed by atoms with van der Waals surface area (Å²) in [5.74, 6) is 0.767. The Labute approximate surface area is 260 Å². The minimum Gasteiger partial charge on any atom is -0.378 e. The van der Waals surface area contributed by atoms with Crippen molar-refractivity contribution in [1.82, 2.24) is 9.66 Å². The Morgan fingerprint density at radius 2 is 1.48 bits per heavy atom. The van der Waals surface area contributed by atoms with E-state index in [2.05, 4.69) is 44.4 Å². The number of carbonyl (C=O) groups is 1. The van der Waals surface area contributed by atoms with E-state index in [1.165, 1.54) is 63.5 Å². The van der Waals surface area contributed by atoms with Gasteiger partial charge in [-0.15, -0.1) is 0 Å². The predicted octanol–water partition coefficient (Wildman–Crippen LogP) is 8.12. The molecule has 1 atom stereocenters.